The Hall–Kier alpha value is -1.19. The van der Waals surface area contributed by atoms with Crippen molar-refractivity contribution in [2.75, 3.05) is 33.2 Å². The van der Waals surface area contributed by atoms with E-state index >= 15 is 0 Å². The Morgan fingerprint density at radius 1 is 1.35 bits per heavy atom. The topological polar surface area (TPSA) is 23.6 Å². The second kappa shape index (κ2) is 7.00. The van der Waals surface area contributed by atoms with Crippen LogP contribution in [-0.4, -0.2) is 54.9 Å². The molecule has 0 aliphatic carbocycles. The first-order valence-corrected chi connectivity index (χ1v) is 7.62. The van der Waals surface area contributed by atoms with Gasteiger partial charge in [-0.3, -0.25) is 14.6 Å². The summed E-state index contributed by atoms with van der Waals surface area (Å²) >= 11 is 0. The van der Waals surface area contributed by atoms with Gasteiger partial charge in [-0.2, -0.15) is 0 Å². The maximum Gasteiger partial charge on any atom is 0.176 e. The molecule has 1 aliphatic heterocycles. The number of aryl methyl sites for hydroxylation is 1. The fraction of sp³-hybridized carbons (Fsp3) is 0.588. The zero-order valence-corrected chi connectivity index (χ0v) is 12.9. The lowest BCUT2D eigenvalue weighted by Gasteiger charge is -2.27. The van der Waals surface area contributed by atoms with E-state index < -0.39 is 0 Å². The van der Waals surface area contributed by atoms with Crippen LogP contribution in [0.3, 0.4) is 0 Å². The molecule has 0 spiro atoms. The van der Waals surface area contributed by atoms with E-state index in [4.69, 9.17) is 0 Å². The first-order valence-electron chi connectivity index (χ1n) is 7.62. The maximum absolute atomic E-state index is 12.2. The van der Waals surface area contributed by atoms with Crippen molar-refractivity contribution in [2.45, 2.75) is 32.7 Å². The minimum atomic E-state index is 0.216. The van der Waals surface area contributed by atoms with Crippen LogP contribution in [0.1, 0.15) is 35.7 Å². The minimum Gasteiger partial charge on any atom is -0.299 e. The summed E-state index contributed by atoms with van der Waals surface area (Å²) in [5.41, 5.74) is 2.01. The van der Waals surface area contributed by atoms with Crippen molar-refractivity contribution in [2.24, 2.45) is 0 Å². The number of carbonyl (C=O) groups is 1. The summed E-state index contributed by atoms with van der Waals surface area (Å²) in [4.78, 5) is 16.9. The average molecular weight is 274 g/mol. The third kappa shape index (κ3) is 3.90. The third-order valence-corrected chi connectivity index (χ3v) is 4.21. The summed E-state index contributed by atoms with van der Waals surface area (Å²) in [7, 11) is 2.05. The van der Waals surface area contributed by atoms with E-state index in [1.54, 1.807) is 0 Å². The number of carbonyl (C=O) groups excluding carboxylic acids is 1. The fourth-order valence-corrected chi connectivity index (χ4v) is 3.02. The van der Waals surface area contributed by atoms with Gasteiger partial charge >= 0.3 is 0 Å². The number of likely N-dealkylation sites (tertiary alicyclic amines) is 1. The Kier molecular flexibility index (Phi) is 5.32. The molecular weight excluding hydrogens is 248 g/mol. The molecule has 1 aliphatic rings. The third-order valence-electron chi connectivity index (χ3n) is 4.21. The van der Waals surface area contributed by atoms with E-state index in [-0.39, 0.29) is 5.78 Å². The van der Waals surface area contributed by atoms with E-state index in [2.05, 4.69) is 23.8 Å². The highest BCUT2D eigenvalue weighted by Gasteiger charge is 2.24. The summed E-state index contributed by atoms with van der Waals surface area (Å²) in [6, 6.07) is 8.49. The van der Waals surface area contributed by atoms with Gasteiger partial charge in [-0.15, -0.1) is 0 Å². The number of hydrogen-bond donors (Lipinski definition) is 0. The summed E-state index contributed by atoms with van der Waals surface area (Å²) in [5.74, 6) is 0.216. The molecule has 0 aromatic heterocycles. The molecule has 0 saturated carbocycles. The van der Waals surface area contributed by atoms with Crippen molar-refractivity contribution in [3.8, 4) is 0 Å². The molecule has 3 heteroatoms. The molecule has 1 heterocycles. The average Bonchev–Trinajstić information content (AvgIpc) is 2.86. The first kappa shape index (κ1) is 15.2. The Morgan fingerprint density at radius 3 is 2.70 bits per heavy atom. The van der Waals surface area contributed by atoms with Gasteiger partial charge < -0.3 is 0 Å². The highest BCUT2D eigenvalue weighted by molar-refractivity contribution is 5.97. The number of likely N-dealkylation sites (N-methyl/N-ethyl adjacent to an activating group) is 2. The van der Waals surface area contributed by atoms with Gasteiger partial charge in [-0.1, -0.05) is 36.8 Å². The number of hydrogen-bond acceptors (Lipinski definition) is 3. The highest BCUT2D eigenvalue weighted by Crippen LogP contribution is 2.17. The van der Waals surface area contributed by atoms with Crippen LogP contribution >= 0.6 is 0 Å². The van der Waals surface area contributed by atoms with Crippen molar-refractivity contribution in [1.29, 1.82) is 0 Å². The van der Waals surface area contributed by atoms with Gasteiger partial charge in [-0.25, -0.2) is 0 Å². The second-order valence-electron chi connectivity index (χ2n) is 5.91. The summed E-state index contributed by atoms with van der Waals surface area (Å²) in [6.45, 7) is 8.09. The van der Waals surface area contributed by atoms with E-state index in [0.717, 1.165) is 18.7 Å². The van der Waals surface area contributed by atoms with E-state index in [9.17, 15) is 4.79 Å². The van der Waals surface area contributed by atoms with Crippen LogP contribution in [0.25, 0.3) is 0 Å². The Balaban J connectivity index is 1.86. The van der Waals surface area contributed by atoms with Crippen LogP contribution in [-0.2, 0) is 0 Å². The Morgan fingerprint density at radius 2 is 2.05 bits per heavy atom. The monoisotopic (exact) mass is 274 g/mol. The molecule has 3 nitrogen and oxygen atoms in total. The molecule has 0 radical (unpaired) electrons. The largest absolute Gasteiger partial charge is 0.299 e. The molecule has 1 aromatic rings. The number of ketones is 1. The fourth-order valence-electron chi connectivity index (χ4n) is 3.02. The van der Waals surface area contributed by atoms with Crippen molar-refractivity contribution in [3.63, 3.8) is 0 Å². The van der Waals surface area contributed by atoms with Gasteiger partial charge in [0, 0.05) is 18.2 Å². The summed E-state index contributed by atoms with van der Waals surface area (Å²) in [5, 5.41) is 0. The quantitative estimate of drug-likeness (QED) is 0.745. The lowest BCUT2D eigenvalue weighted by atomic mass is 10.1. The summed E-state index contributed by atoms with van der Waals surface area (Å²) in [6.07, 6.45) is 2.55. The lowest BCUT2D eigenvalue weighted by Crippen LogP contribution is -2.40. The van der Waals surface area contributed by atoms with Crippen LogP contribution in [0.5, 0.6) is 0 Å². The van der Waals surface area contributed by atoms with Crippen LogP contribution in [0.2, 0.25) is 0 Å². The van der Waals surface area contributed by atoms with Gasteiger partial charge in [-0.05, 0) is 39.9 Å². The van der Waals surface area contributed by atoms with E-state index in [0.29, 0.717) is 12.6 Å². The van der Waals surface area contributed by atoms with Crippen molar-refractivity contribution in [1.82, 2.24) is 9.80 Å². The molecule has 0 N–H and O–H groups in total. The van der Waals surface area contributed by atoms with Crippen molar-refractivity contribution in [3.05, 3.63) is 35.4 Å². The molecule has 1 saturated heterocycles. The molecule has 2 rings (SSSR count). The maximum atomic E-state index is 12.2. The standard InChI is InChI=1S/C17H26N2O/c1-4-19-11-5-6-16(19)12-18(3)13-17(20)15-9-7-14(2)8-10-15/h7-10,16H,4-6,11-13H2,1-3H3. The molecular formula is C17H26N2O. The zero-order valence-electron chi connectivity index (χ0n) is 12.9. The predicted octanol–water partition coefficient (Wildman–Crippen LogP) is 2.59. The molecule has 1 aromatic carbocycles. The van der Waals surface area contributed by atoms with E-state index in [1.165, 1.54) is 24.9 Å². The number of benzene rings is 1. The van der Waals surface area contributed by atoms with Gasteiger partial charge in [0.15, 0.2) is 5.78 Å². The molecule has 20 heavy (non-hydrogen) atoms. The molecule has 0 amide bonds. The smallest absolute Gasteiger partial charge is 0.176 e. The minimum absolute atomic E-state index is 0.216. The number of nitrogens with zero attached hydrogens (tertiary/aromatic N) is 2. The van der Waals surface area contributed by atoms with Crippen LogP contribution in [0.15, 0.2) is 24.3 Å². The molecule has 1 unspecified atom stereocenters. The van der Waals surface area contributed by atoms with Gasteiger partial charge in [0.05, 0.1) is 6.54 Å². The van der Waals surface area contributed by atoms with Crippen LogP contribution < -0.4 is 0 Å². The van der Waals surface area contributed by atoms with Crippen molar-refractivity contribution < 1.29 is 4.79 Å². The van der Waals surface area contributed by atoms with E-state index in [1.807, 2.05) is 31.2 Å². The normalized spacial score (nSPS) is 19.7. The highest BCUT2D eigenvalue weighted by atomic mass is 16.1. The van der Waals surface area contributed by atoms with Crippen LogP contribution in [0.4, 0.5) is 0 Å². The molecule has 1 atom stereocenters. The number of Topliss-reactive ketones (excluding diaryl/α,β-unsaturated/α-hetero) is 1. The molecule has 1 fully saturated rings. The van der Waals surface area contributed by atoms with Gasteiger partial charge in [0.25, 0.3) is 0 Å². The second-order valence-corrected chi connectivity index (χ2v) is 5.91. The van der Waals surface area contributed by atoms with Crippen LogP contribution in [0, 0.1) is 6.92 Å². The molecule has 110 valence electrons. The Bertz CT molecular complexity index is 441. The zero-order chi connectivity index (χ0) is 14.5. The van der Waals surface area contributed by atoms with Gasteiger partial charge in [0.1, 0.15) is 0 Å². The predicted molar refractivity (Wildman–Crippen MR) is 83.3 cm³/mol. The Labute approximate surface area is 122 Å². The molecule has 0 bridgehead atoms. The van der Waals surface area contributed by atoms with Gasteiger partial charge in [0.2, 0.25) is 0 Å². The van der Waals surface area contributed by atoms with Crippen molar-refractivity contribution >= 4 is 5.78 Å². The summed E-state index contributed by atoms with van der Waals surface area (Å²) < 4.78 is 0. The lowest BCUT2D eigenvalue weighted by molar-refractivity contribution is 0.0929. The number of rotatable bonds is 6. The first-order chi connectivity index (χ1) is 9.60. The SMILES string of the molecule is CCN1CCCC1CN(C)CC(=O)c1ccc(C)cc1.